The van der Waals surface area contributed by atoms with Crippen molar-refractivity contribution in [2.24, 2.45) is 5.92 Å². The van der Waals surface area contributed by atoms with Crippen molar-refractivity contribution in [3.05, 3.63) is 34.6 Å². The molecule has 146 valence electrons. The second-order valence-electron chi connectivity index (χ2n) is 7.02. The summed E-state index contributed by atoms with van der Waals surface area (Å²) in [5.41, 5.74) is 1.39. The molecule has 2 aromatic rings. The lowest BCUT2D eigenvalue weighted by atomic mass is 9.87. The highest BCUT2D eigenvalue weighted by Gasteiger charge is 2.27. The van der Waals surface area contributed by atoms with E-state index < -0.39 is 5.97 Å². The highest BCUT2D eigenvalue weighted by Crippen LogP contribution is 2.35. The monoisotopic (exact) mass is 392 g/mol. The summed E-state index contributed by atoms with van der Waals surface area (Å²) in [5.74, 6) is 0.555. The van der Waals surface area contributed by atoms with E-state index in [1.54, 1.807) is 39.3 Å². The molecule has 1 aromatic heterocycles. The molecule has 0 aliphatic heterocycles. The van der Waals surface area contributed by atoms with Gasteiger partial charge in [-0.05, 0) is 50.3 Å². The fourth-order valence-electron chi connectivity index (χ4n) is 3.90. The van der Waals surface area contributed by atoms with Crippen molar-refractivity contribution in [1.29, 1.82) is 0 Å². The molecule has 1 fully saturated rings. The summed E-state index contributed by atoms with van der Waals surface area (Å²) < 4.78 is 13.0. The number of hydrogen-bond donors (Lipinski definition) is 1. The van der Waals surface area contributed by atoms with Gasteiger partial charge in [0, 0.05) is 24.4 Å². The average molecular weight is 393 g/mol. The number of carboxylic acids is 1. The zero-order valence-corrected chi connectivity index (χ0v) is 16.6. The Hall–Kier alpha value is -2.05. The number of methoxy groups -OCH3 is 2. The average Bonchev–Trinajstić information content (AvgIpc) is 2.98. The van der Waals surface area contributed by atoms with Gasteiger partial charge in [-0.2, -0.15) is 0 Å². The van der Waals surface area contributed by atoms with E-state index in [0.717, 1.165) is 25.7 Å². The number of benzene rings is 1. The Morgan fingerprint density at radius 3 is 2.81 bits per heavy atom. The summed E-state index contributed by atoms with van der Waals surface area (Å²) in [6.07, 6.45) is 4.49. The van der Waals surface area contributed by atoms with Crippen LogP contribution < -0.4 is 4.74 Å². The van der Waals surface area contributed by atoms with E-state index in [-0.39, 0.29) is 11.8 Å². The topological polar surface area (TPSA) is 73.6 Å². The highest BCUT2D eigenvalue weighted by atomic mass is 35.5. The second kappa shape index (κ2) is 8.31. The molecule has 0 bridgehead atoms. The van der Waals surface area contributed by atoms with Crippen LogP contribution >= 0.6 is 11.6 Å². The van der Waals surface area contributed by atoms with Crippen LogP contribution in [0.3, 0.4) is 0 Å². The van der Waals surface area contributed by atoms with Crippen LogP contribution in [0.4, 0.5) is 0 Å². The van der Waals surface area contributed by atoms with Gasteiger partial charge in [0.15, 0.2) is 5.69 Å². The largest absolute Gasteiger partial charge is 0.496 e. The van der Waals surface area contributed by atoms with E-state index >= 15 is 0 Å². The molecule has 1 aliphatic carbocycles. The molecule has 1 saturated carbocycles. The van der Waals surface area contributed by atoms with Crippen LogP contribution in [0.5, 0.6) is 5.75 Å². The van der Waals surface area contributed by atoms with Gasteiger partial charge in [0.1, 0.15) is 11.6 Å². The molecule has 3 rings (SSSR count). The maximum Gasteiger partial charge on any atom is 0.356 e. The molecule has 1 aromatic carbocycles. The number of aromatic nitrogens is 2. The Morgan fingerprint density at radius 2 is 2.15 bits per heavy atom. The Labute approximate surface area is 164 Å². The van der Waals surface area contributed by atoms with E-state index in [2.05, 4.69) is 4.98 Å². The molecule has 0 spiro atoms. The minimum atomic E-state index is -1.04. The third-order valence-electron chi connectivity index (χ3n) is 5.33. The Bertz CT molecular complexity index is 834. The van der Waals surface area contributed by atoms with E-state index in [1.165, 1.54) is 0 Å². The number of nitrogens with zero attached hydrogens (tertiary/aromatic N) is 2. The number of aromatic carboxylic acids is 1. The maximum absolute atomic E-state index is 11.7. The van der Waals surface area contributed by atoms with Crippen LogP contribution in [0.2, 0.25) is 5.02 Å². The first-order valence-electron chi connectivity index (χ1n) is 9.11. The summed E-state index contributed by atoms with van der Waals surface area (Å²) in [6.45, 7) is 2.49. The van der Waals surface area contributed by atoms with Crippen molar-refractivity contribution in [3.63, 3.8) is 0 Å². The zero-order chi connectivity index (χ0) is 19.6. The third-order valence-corrected chi connectivity index (χ3v) is 5.57. The Morgan fingerprint density at radius 1 is 1.37 bits per heavy atom. The van der Waals surface area contributed by atoms with Crippen molar-refractivity contribution in [2.75, 3.05) is 14.2 Å². The molecule has 0 saturated heterocycles. The number of imidazole rings is 1. The molecule has 7 heteroatoms. The number of rotatable bonds is 6. The molecule has 27 heavy (non-hydrogen) atoms. The predicted molar refractivity (Wildman–Crippen MR) is 104 cm³/mol. The van der Waals surface area contributed by atoms with Gasteiger partial charge < -0.3 is 19.1 Å². The minimum absolute atomic E-state index is 0.0612. The molecule has 2 atom stereocenters. The summed E-state index contributed by atoms with van der Waals surface area (Å²) in [7, 11) is 3.33. The summed E-state index contributed by atoms with van der Waals surface area (Å²) in [5, 5.41) is 10.1. The quantitative estimate of drug-likeness (QED) is 0.787. The molecular formula is C20H25ClN2O4. The van der Waals surface area contributed by atoms with Gasteiger partial charge in [0.05, 0.1) is 18.8 Å². The van der Waals surface area contributed by atoms with Crippen LogP contribution in [0.25, 0.3) is 11.4 Å². The first-order chi connectivity index (χ1) is 12.9. The van der Waals surface area contributed by atoms with Crippen molar-refractivity contribution >= 4 is 17.6 Å². The number of halogens is 1. The van der Waals surface area contributed by atoms with Gasteiger partial charge in [0.2, 0.25) is 0 Å². The van der Waals surface area contributed by atoms with Crippen molar-refractivity contribution in [3.8, 4) is 17.1 Å². The van der Waals surface area contributed by atoms with Gasteiger partial charge in [-0.15, -0.1) is 0 Å². The van der Waals surface area contributed by atoms with Crippen molar-refractivity contribution in [1.82, 2.24) is 9.55 Å². The van der Waals surface area contributed by atoms with Gasteiger partial charge in [-0.1, -0.05) is 18.0 Å². The number of carbonyl (C=O) groups is 1. The molecule has 1 aliphatic rings. The van der Waals surface area contributed by atoms with Gasteiger partial charge in [-0.25, -0.2) is 9.78 Å². The van der Waals surface area contributed by atoms with E-state index in [4.69, 9.17) is 21.1 Å². The molecule has 0 amide bonds. The van der Waals surface area contributed by atoms with Crippen LogP contribution in [0.15, 0.2) is 18.2 Å². The molecule has 0 radical (unpaired) electrons. The minimum Gasteiger partial charge on any atom is -0.496 e. The molecule has 1 N–H and O–H groups in total. The summed E-state index contributed by atoms with van der Waals surface area (Å²) in [4.78, 5) is 16.1. The lowest BCUT2D eigenvalue weighted by Gasteiger charge is -2.29. The van der Waals surface area contributed by atoms with Crippen molar-refractivity contribution < 1.29 is 19.4 Å². The van der Waals surface area contributed by atoms with Crippen molar-refractivity contribution in [2.45, 2.75) is 45.3 Å². The van der Waals surface area contributed by atoms with Gasteiger partial charge in [0.25, 0.3) is 0 Å². The Balaban J connectivity index is 2.05. The summed E-state index contributed by atoms with van der Waals surface area (Å²) >= 11 is 6.19. The number of hydrogen-bond acceptors (Lipinski definition) is 4. The van der Waals surface area contributed by atoms with Gasteiger partial charge >= 0.3 is 5.97 Å². The van der Waals surface area contributed by atoms with Crippen LogP contribution in [-0.2, 0) is 11.3 Å². The van der Waals surface area contributed by atoms with E-state index in [1.807, 2.05) is 4.57 Å². The smallest absolute Gasteiger partial charge is 0.356 e. The fraction of sp³-hybridized carbons (Fsp3) is 0.500. The summed E-state index contributed by atoms with van der Waals surface area (Å²) in [6, 6.07) is 5.28. The van der Waals surface area contributed by atoms with Crippen LogP contribution in [-0.4, -0.2) is 41.0 Å². The SMILES string of the molecule is COc1ccc(Cl)cc1-c1nc(C(=O)O)c(C)n1CC1CCCC(OC)C1. The highest BCUT2D eigenvalue weighted by molar-refractivity contribution is 6.30. The number of carboxylic acid groups (broad SMARTS) is 1. The zero-order valence-electron chi connectivity index (χ0n) is 15.9. The standard InChI is InChI=1S/C20H25ClN2O4/c1-12-18(20(24)25)22-19(16-10-14(21)7-8-17(16)27-3)23(12)11-13-5-4-6-15(9-13)26-2/h7-8,10,13,15H,4-6,9,11H2,1-3H3,(H,24,25). The first-order valence-corrected chi connectivity index (χ1v) is 9.49. The molecule has 6 nitrogen and oxygen atoms in total. The molecule has 1 heterocycles. The van der Waals surface area contributed by atoms with Crippen LogP contribution in [0.1, 0.15) is 41.9 Å². The Kier molecular flexibility index (Phi) is 6.07. The number of ether oxygens (including phenoxy) is 2. The lowest BCUT2D eigenvalue weighted by Crippen LogP contribution is -2.25. The van der Waals surface area contributed by atoms with Gasteiger partial charge in [-0.3, -0.25) is 0 Å². The normalized spacial score (nSPS) is 19.9. The van der Waals surface area contributed by atoms with Crippen LogP contribution in [0, 0.1) is 12.8 Å². The lowest BCUT2D eigenvalue weighted by molar-refractivity contribution is 0.0471. The maximum atomic E-state index is 11.7. The predicted octanol–water partition coefficient (Wildman–Crippen LogP) is 4.42. The molecule has 2 unspecified atom stereocenters. The second-order valence-corrected chi connectivity index (χ2v) is 7.46. The molecular weight excluding hydrogens is 368 g/mol. The first kappa shape index (κ1) is 19.7. The van der Waals surface area contributed by atoms with E-state index in [9.17, 15) is 9.90 Å². The third kappa shape index (κ3) is 4.12. The van der Waals surface area contributed by atoms with E-state index in [0.29, 0.717) is 40.3 Å². The fourth-order valence-corrected chi connectivity index (χ4v) is 4.07.